The zero-order valence-corrected chi connectivity index (χ0v) is 13.4. The van der Waals surface area contributed by atoms with E-state index in [0.717, 1.165) is 12.2 Å². The predicted octanol–water partition coefficient (Wildman–Crippen LogP) is 2.56. The average molecular weight is 299 g/mol. The van der Waals surface area contributed by atoms with Crippen LogP contribution in [-0.2, 0) is 9.84 Å². The minimum atomic E-state index is -2.89. The molecule has 20 heavy (non-hydrogen) atoms. The molecule has 1 unspecified atom stereocenters. The smallest absolute Gasteiger partial charge is 0.150 e. The van der Waals surface area contributed by atoms with E-state index < -0.39 is 9.84 Å². The second-order valence-electron chi connectivity index (χ2n) is 4.76. The SMILES string of the molecule is CCC(NC)c1ccc(OCCCS(=O)(=O)CC)cc1. The Kier molecular flexibility index (Phi) is 7.02. The quantitative estimate of drug-likeness (QED) is 0.712. The number of sulfone groups is 1. The summed E-state index contributed by atoms with van der Waals surface area (Å²) in [5.41, 5.74) is 1.23. The second-order valence-corrected chi connectivity index (χ2v) is 7.23. The largest absolute Gasteiger partial charge is 0.494 e. The maximum absolute atomic E-state index is 11.3. The molecule has 0 aliphatic heterocycles. The van der Waals surface area contributed by atoms with Crippen molar-refractivity contribution < 1.29 is 13.2 Å². The van der Waals surface area contributed by atoms with Gasteiger partial charge in [0.15, 0.2) is 0 Å². The zero-order valence-electron chi connectivity index (χ0n) is 12.6. The molecule has 1 aromatic rings. The molecule has 0 aliphatic carbocycles. The fourth-order valence-electron chi connectivity index (χ4n) is 2.02. The lowest BCUT2D eigenvalue weighted by Gasteiger charge is -2.14. The van der Waals surface area contributed by atoms with Gasteiger partial charge in [0, 0.05) is 11.8 Å². The van der Waals surface area contributed by atoms with Gasteiger partial charge in [-0.05, 0) is 37.6 Å². The summed E-state index contributed by atoms with van der Waals surface area (Å²) in [4.78, 5) is 0. The number of rotatable bonds is 9. The highest BCUT2D eigenvalue weighted by Gasteiger charge is 2.08. The van der Waals surface area contributed by atoms with Gasteiger partial charge in [0.1, 0.15) is 15.6 Å². The van der Waals surface area contributed by atoms with E-state index in [0.29, 0.717) is 19.1 Å². The van der Waals surface area contributed by atoms with Gasteiger partial charge in [0.05, 0.1) is 12.4 Å². The van der Waals surface area contributed by atoms with Crippen molar-refractivity contribution in [1.29, 1.82) is 0 Å². The van der Waals surface area contributed by atoms with Crippen LogP contribution in [0.25, 0.3) is 0 Å². The maximum atomic E-state index is 11.3. The number of hydrogen-bond donors (Lipinski definition) is 1. The molecule has 1 N–H and O–H groups in total. The van der Waals surface area contributed by atoms with Crippen LogP contribution in [0, 0.1) is 0 Å². The number of nitrogens with one attached hydrogen (secondary N) is 1. The summed E-state index contributed by atoms with van der Waals surface area (Å²) in [5, 5.41) is 3.26. The van der Waals surface area contributed by atoms with Crippen molar-refractivity contribution in [2.24, 2.45) is 0 Å². The Labute approximate surface area is 122 Å². The van der Waals surface area contributed by atoms with E-state index in [-0.39, 0.29) is 11.5 Å². The Hall–Kier alpha value is -1.07. The summed E-state index contributed by atoms with van der Waals surface area (Å²) in [6.07, 6.45) is 1.57. The van der Waals surface area contributed by atoms with E-state index in [2.05, 4.69) is 12.2 Å². The lowest BCUT2D eigenvalue weighted by atomic mass is 10.1. The highest BCUT2D eigenvalue weighted by molar-refractivity contribution is 7.91. The molecule has 0 aromatic heterocycles. The molecule has 0 amide bonds. The van der Waals surface area contributed by atoms with Gasteiger partial charge in [0.25, 0.3) is 0 Å². The van der Waals surface area contributed by atoms with Crippen molar-refractivity contribution in [1.82, 2.24) is 5.32 Å². The molecule has 1 aromatic carbocycles. The van der Waals surface area contributed by atoms with Crippen LogP contribution in [0.3, 0.4) is 0 Å². The lowest BCUT2D eigenvalue weighted by molar-refractivity contribution is 0.317. The maximum Gasteiger partial charge on any atom is 0.150 e. The Morgan fingerprint density at radius 2 is 1.85 bits per heavy atom. The minimum Gasteiger partial charge on any atom is -0.494 e. The molecular weight excluding hydrogens is 274 g/mol. The highest BCUT2D eigenvalue weighted by atomic mass is 32.2. The molecular formula is C15H25NO3S. The fraction of sp³-hybridized carbons (Fsp3) is 0.600. The van der Waals surface area contributed by atoms with Crippen molar-refractivity contribution in [3.05, 3.63) is 29.8 Å². The molecule has 1 atom stereocenters. The minimum absolute atomic E-state index is 0.194. The second kappa shape index (κ2) is 8.27. The van der Waals surface area contributed by atoms with Crippen LogP contribution < -0.4 is 10.1 Å². The molecule has 114 valence electrons. The third-order valence-electron chi connectivity index (χ3n) is 3.35. The molecule has 0 saturated heterocycles. The van der Waals surface area contributed by atoms with Gasteiger partial charge in [-0.15, -0.1) is 0 Å². The molecule has 0 fully saturated rings. The summed E-state index contributed by atoms with van der Waals surface area (Å²) in [5.74, 6) is 1.18. The first-order valence-corrected chi connectivity index (χ1v) is 8.95. The van der Waals surface area contributed by atoms with Crippen molar-refractivity contribution in [3.63, 3.8) is 0 Å². The lowest BCUT2D eigenvalue weighted by Crippen LogP contribution is -2.15. The van der Waals surface area contributed by atoms with Crippen molar-refractivity contribution >= 4 is 9.84 Å². The van der Waals surface area contributed by atoms with Gasteiger partial charge in [-0.2, -0.15) is 0 Å². The number of hydrogen-bond acceptors (Lipinski definition) is 4. The zero-order chi connectivity index (χ0) is 15.0. The first kappa shape index (κ1) is 17.0. The average Bonchev–Trinajstić information content (AvgIpc) is 2.46. The Morgan fingerprint density at radius 3 is 2.35 bits per heavy atom. The number of benzene rings is 1. The fourth-order valence-corrected chi connectivity index (χ4v) is 2.86. The molecule has 0 aliphatic rings. The molecule has 0 radical (unpaired) electrons. The topological polar surface area (TPSA) is 55.4 Å². The van der Waals surface area contributed by atoms with Gasteiger partial charge in [0.2, 0.25) is 0 Å². The van der Waals surface area contributed by atoms with Crippen LogP contribution in [0.2, 0.25) is 0 Å². The predicted molar refractivity (Wildman–Crippen MR) is 83.0 cm³/mol. The van der Waals surface area contributed by atoms with Crippen LogP contribution in [0.4, 0.5) is 0 Å². The van der Waals surface area contributed by atoms with Crippen LogP contribution in [0.1, 0.15) is 38.3 Å². The third-order valence-corrected chi connectivity index (χ3v) is 5.14. The Balaban J connectivity index is 2.42. The first-order valence-electron chi connectivity index (χ1n) is 7.12. The van der Waals surface area contributed by atoms with Crippen molar-refractivity contribution in [2.45, 2.75) is 32.7 Å². The van der Waals surface area contributed by atoms with E-state index in [1.165, 1.54) is 5.56 Å². The van der Waals surface area contributed by atoms with Crippen molar-refractivity contribution in [2.75, 3.05) is 25.2 Å². The van der Waals surface area contributed by atoms with Gasteiger partial charge >= 0.3 is 0 Å². The van der Waals surface area contributed by atoms with Gasteiger partial charge in [-0.3, -0.25) is 0 Å². The van der Waals surface area contributed by atoms with Gasteiger partial charge < -0.3 is 10.1 Å². The van der Waals surface area contributed by atoms with Crippen molar-refractivity contribution in [3.8, 4) is 5.75 Å². The third kappa shape index (κ3) is 5.51. The summed E-state index contributed by atoms with van der Waals surface area (Å²) < 4.78 is 28.2. The molecule has 0 heterocycles. The summed E-state index contributed by atoms with van der Waals surface area (Å²) in [6, 6.07) is 8.32. The van der Waals surface area contributed by atoms with Crippen LogP contribution in [0.5, 0.6) is 5.75 Å². The first-order chi connectivity index (χ1) is 9.52. The molecule has 0 bridgehead atoms. The highest BCUT2D eigenvalue weighted by Crippen LogP contribution is 2.19. The van der Waals surface area contributed by atoms with Crippen LogP contribution in [-0.4, -0.2) is 33.6 Å². The molecule has 0 spiro atoms. The van der Waals surface area contributed by atoms with E-state index in [1.54, 1.807) is 6.92 Å². The van der Waals surface area contributed by atoms with E-state index in [4.69, 9.17) is 4.74 Å². The monoisotopic (exact) mass is 299 g/mol. The van der Waals surface area contributed by atoms with E-state index >= 15 is 0 Å². The van der Waals surface area contributed by atoms with Crippen LogP contribution >= 0.6 is 0 Å². The van der Waals surface area contributed by atoms with E-state index in [9.17, 15) is 8.42 Å². The van der Waals surface area contributed by atoms with Crippen LogP contribution in [0.15, 0.2) is 24.3 Å². The molecule has 1 rings (SSSR count). The summed E-state index contributed by atoms with van der Waals surface area (Å²) in [7, 11) is -0.936. The number of ether oxygens (including phenoxy) is 1. The molecule has 4 nitrogen and oxygen atoms in total. The summed E-state index contributed by atoms with van der Waals surface area (Å²) in [6.45, 7) is 4.24. The molecule has 5 heteroatoms. The molecule has 0 saturated carbocycles. The summed E-state index contributed by atoms with van der Waals surface area (Å²) >= 11 is 0. The van der Waals surface area contributed by atoms with Gasteiger partial charge in [-0.25, -0.2) is 8.42 Å². The van der Waals surface area contributed by atoms with Gasteiger partial charge in [-0.1, -0.05) is 26.0 Å². The van der Waals surface area contributed by atoms with E-state index in [1.807, 2.05) is 31.3 Å². The Bertz CT molecular complexity index is 478. The normalized spacial score (nSPS) is 13.2. The standard InChI is InChI=1S/C15H25NO3S/c1-4-15(16-3)13-7-9-14(10-8-13)19-11-6-12-20(17,18)5-2/h7-10,15-16H,4-6,11-12H2,1-3H3. The Morgan fingerprint density at radius 1 is 1.20 bits per heavy atom.